The molecule has 2 aliphatic heterocycles. The molecule has 2 fully saturated rings. The van der Waals surface area contributed by atoms with E-state index in [1.165, 1.54) is 4.31 Å². The predicted molar refractivity (Wildman–Crippen MR) is 101 cm³/mol. The Morgan fingerprint density at radius 2 is 1.93 bits per heavy atom. The summed E-state index contributed by atoms with van der Waals surface area (Å²) in [6, 6.07) is 0.190. The second-order valence-corrected chi connectivity index (χ2v) is 9.45. The van der Waals surface area contributed by atoms with Crippen LogP contribution >= 0.6 is 0 Å². The van der Waals surface area contributed by atoms with Crippen molar-refractivity contribution in [1.29, 1.82) is 0 Å². The van der Waals surface area contributed by atoms with Crippen LogP contribution in [-0.2, 0) is 14.8 Å². The van der Waals surface area contributed by atoms with Gasteiger partial charge in [0.25, 0.3) is 0 Å². The Hall–Kier alpha value is -1.45. The maximum Gasteiger partial charge on any atom is 0.248 e. The molecule has 27 heavy (non-hydrogen) atoms. The number of aryl methyl sites for hydroxylation is 2. The molecule has 0 saturated carbocycles. The van der Waals surface area contributed by atoms with E-state index >= 15 is 0 Å². The van der Waals surface area contributed by atoms with Gasteiger partial charge in [0.15, 0.2) is 5.76 Å². The summed E-state index contributed by atoms with van der Waals surface area (Å²) < 4.78 is 32.4. The van der Waals surface area contributed by atoms with Gasteiger partial charge in [-0.15, -0.1) is 0 Å². The van der Waals surface area contributed by atoms with Crippen molar-refractivity contribution in [3.05, 3.63) is 11.5 Å². The number of hydrogen-bond donors (Lipinski definition) is 1. The Morgan fingerprint density at radius 3 is 2.52 bits per heavy atom. The molecule has 2 saturated heterocycles. The van der Waals surface area contributed by atoms with Crippen molar-refractivity contribution >= 4 is 15.9 Å². The van der Waals surface area contributed by atoms with Crippen LogP contribution in [0.4, 0.5) is 0 Å². The van der Waals surface area contributed by atoms with Crippen molar-refractivity contribution in [2.45, 2.75) is 57.4 Å². The molecule has 0 aliphatic carbocycles. The van der Waals surface area contributed by atoms with Crippen LogP contribution in [-0.4, -0.2) is 67.5 Å². The fourth-order valence-corrected chi connectivity index (χ4v) is 5.87. The molecular formula is C18H30N4O4S. The summed E-state index contributed by atoms with van der Waals surface area (Å²) >= 11 is 0. The number of piperidine rings is 2. The number of nitrogens with one attached hydrogen (secondary N) is 1. The standard InChI is InChI=1S/C18H30N4O4S/c1-4-21-10-7-16(8-11-21)19-18(23)15-6-5-9-22(12-15)27(24,25)17-13(2)20-26-14(17)3/h15-16H,4-12H2,1-3H3,(H,19,23). The quantitative estimate of drug-likeness (QED) is 0.803. The number of aromatic nitrogens is 1. The van der Waals surface area contributed by atoms with E-state index in [1.54, 1.807) is 13.8 Å². The fraction of sp³-hybridized carbons (Fsp3) is 0.778. The van der Waals surface area contributed by atoms with Gasteiger partial charge in [0, 0.05) is 32.2 Å². The van der Waals surface area contributed by atoms with Crippen LogP contribution in [0.1, 0.15) is 44.1 Å². The molecule has 0 radical (unpaired) electrons. The summed E-state index contributed by atoms with van der Waals surface area (Å²) in [7, 11) is -3.70. The Labute approximate surface area is 161 Å². The monoisotopic (exact) mass is 398 g/mol. The van der Waals surface area contributed by atoms with Crippen molar-refractivity contribution in [3.63, 3.8) is 0 Å². The van der Waals surface area contributed by atoms with E-state index in [1.807, 2.05) is 0 Å². The lowest BCUT2D eigenvalue weighted by atomic mass is 9.97. The van der Waals surface area contributed by atoms with E-state index in [0.717, 1.165) is 32.5 Å². The molecule has 9 heteroatoms. The summed E-state index contributed by atoms with van der Waals surface area (Å²) in [6.45, 7) is 9.05. The predicted octanol–water partition coefficient (Wildman–Crippen LogP) is 1.29. The molecule has 1 amide bonds. The fourth-order valence-electron chi connectivity index (χ4n) is 4.06. The minimum Gasteiger partial charge on any atom is -0.360 e. The lowest BCUT2D eigenvalue weighted by Gasteiger charge is -2.34. The second-order valence-electron chi connectivity index (χ2n) is 7.57. The van der Waals surface area contributed by atoms with Gasteiger partial charge in [0.05, 0.1) is 5.92 Å². The van der Waals surface area contributed by atoms with Gasteiger partial charge in [-0.3, -0.25) is 4.79 Å². The Morgan fingerprint density at radius 1 is 1.22 bits per heavy atom. The number of likely N-dealkylation sites (tertiary alicyclic amines) is 1. The molecule has 8 nitrogen and oxygen atoms in total. The first-order valence-electron chi connectivity index (χ1n) is 9.78. The minimum atomic E-state index is -3.70. The van der Waals surface area contributed by atoms with Crippen molar-refractivity contribution in [3.8, 4) is 0 Å². The smallest absolute Gasteiger partial charge is 0.248 e. The van der Waals surface area contributed by atoms with Gasteiger partial charge in [0.1, 0.15) is 10.6 Å². The molecule has 1 aromatic heterocycles. The van der Waals surface area contributed by atoms with E-state index in [4.69, 9.17) is 4.52 Å². The third-order valence-corrected chi connectivity index (χ3v) is 7.81. The summed E-state index contributed by atoms with van der Waals surface area (Å²) in [4.78, 5) is 15.2. The summed E-state index contributed by atoms with van der Waals surface area (Å²) in [5, 5.41) is 6.90. The lowest BCUT2D eigenvalue weighted by Crippen LogP contribution is -2.50. The van der Waals surface area contributed by atoms with Crippen LogP contribution in [0.2, 0.25) is 0 Å². The van der Waals surface area contributed by atoms with Gasteiger partial charge in [-0.05, 0) is 46.1 Å². The number of sulfonamides is 1. The molecule has 0 bridgehead atoms. The van der Waals surface area contributed by atoms with Crippen molar-refractivity contribution in [2.24, 2.45) is 5.92 Å². The van der Waals surface area contributed by atoms with Crippen LogP contribution in [0.15, 0.2) is 9.42 Å². The Bertz CT molecular complexity index is 749. The van der Waals surface area contributed by atoms with Gasteiger partial charge < -0.3 is 14.7 Å². The molecule has 1 atom stereocenters. The molecule has 3 heterocycles. The molecule has 152 valence electrons. The molecule has 1 N–H and O–H groups in total. The number of hydrogen-bond acceptors (Lipinski definition) is 6. The van der Waals surface area contributed by atoms with Gasteiger partial charge in [-0.1, -0.05) is 12.1 Å². The second kappa shape index (κ2) is 8.28. The van der Waals surface area contributed by atoms with Crippen LogP contribution < -0.4 is 5.32 Å². The van der Waals surface area contributed by atoms with E-state index in [9.17, 15) is 13.2 Å². The zero-order chi connectivity index (χ0) is 19.6. The third kappa shape index (κ3) is 4.35. The first kappa shape index (κ1) is 20.3. The minimum absolute atomic E-state index is 0.0244. The molecule has 1 unspecified atom stereocenters. The van der Waals surface area contributed by atoms with Crippen molar-refractivity contribution < 1.29 is 17.7 Å². The topological polar surface area (TPSA) is 95.8 Å². The molecule has 0 spiro atoms. The first-order valence-corrected chi connectivity index (χ1v) is 11.2. The summed E-state index contributed by atoms with van der Waals surface area (Å²) in [5.74, 6) is -0.0384. The maximum absolute atomic E-state index is 13.0. The number of carbonyl (C=O) groups is 1. The summed E-state index contributed by atoms with van der Waals surface area (Å²) in [5.41, 5.74) is 0.363. The van der Waals surface area contributed by atoms with Gasteiger partial charge in [-0.25, -0.2) is 8.42 Å². The molecule has 3 rings (SSSR count). The molecular weight excluding hydrogens is 368 g/mol. The number of rotatable bonds is 5. The largest absolute Gasteiger partial charge is 0.360 e. The van der Waals surface area contributed by atoms with Gasteiger partial charge >= 0.3 is 0 Å². The normalized spacial score (nSPS) is 23.4. The lowest BCUT2D eigenvalue weighted by molar-refractivity contribution is -0.127. The van der Waals surface area contributed by atoms with Crippen molar-refractivity contribution in [1.82, 2.24) is 19.7 Å². The average molecular weight is 399 g/mol. The number of amides is 1. The van der Waals surface area contributed by atoms with Gasteiger partial charge in [0.2, 0.25) is 15.9 Å². The van der Waals surface area contributed by atoms with Crippen LogP contribution in [0.3, 0.4) is 0 Å². The third-order valence-electron chi connectivity index (χ3n) is 5.70. The van der Waals surface area contributed by atoms with E-state index < -0.39 is 10.0 Å². The van der Waals surface area contributed by atoms with E-state index in [-0.39, 0.29) is 29.3 Å². The highest BCUT2D eigenvalue weighted by molar-refractivity contribution is 7.89. The first-order chi connectivity index (χ1) is 12.8. The van der Waals surface area contributed by atoms with Gasteiger partial charge in [-0.2, -0.15) is 4.31 Å². The van der Waals surface area contributed by atoms with Crippen molar-refractivity contribution in [2.75, 3.05) is 32.7 Å². The van der Waals surface area contributed by atoms with Crippen LogP contribution in [0.25, 0.3) is 0 Å². The number of carbonyl (C=O) groups excluding carboxylic acids is 1. The highest BCUT2D eigenvalue weighted by atomic mass is 32.2. The van der Waals surface area contributed by atoms with E-state index in [2.05, 4.69) is 22.3 Å². The summed E-state index contributed by atoms with van der Waals surface area (Å²) in [6.07, 6.45) is 3.29. The maximum atomic E-state index is 13.0. The number of nitrogens with zero attached hydrogens (tertiary/aromatic N) is 3. The highest BCUT2D eigenvalue weighted by Crippen LogP contribution is 2.28. The van der Waals surface area contributed by atoms with Crippen LogP contribution in [0, 0.1) is 19.8 Å². The Balaban J connectivity index is 1.63. The molecule has 1 aromatic rings. The zero-order valence-electron chi connectivity index (χ0n) is 16.4. The Kier molecular flexibility index (Phi) is 6.22. The van der Waals surface area contributed by atoms with Crippen LogP contribution in [0.5, 0.6) is 0 Å². The molecule has 0 aromatic carbocycles. The van der Waals surface area contributed by atoms with E-state index in [0.29, 0.717) is 30.8 Å². The zero-order valence-corrected chi connectivity index (χ0v) is 17.2. The SMILES string of the molecule is CCN1CCC(NC(=O)C2CCCN(S(=O)(=O)c3c(C)noc3C)C2)CC1. The highest BCUT2D eigenvalue weighted by Gasteiger charge is 2.37. The average Bonchev–Trinajstić information content (AvgIpc) is 3.01. The molecule has 2 aliphatic rings.